The number of rotatable bonds is 2. The van der Waals surface area contributed by atoms with E-state index in [9.17, 15) is 0 Å². The minimum Gasteiger partial charge on any atom is -0.394 e. The maximum atomic E-state index is 9.14. The van der Waals surface area contributed by atoms with Gasteiger partial charge in [-0.3, -0.25) is 0 Å². The predicted octanol–water partition coefficient (Wildman–Crippen LogP) is 1.41. The summed E-state index contributed by atoms with van der Waals surface area (Å²) in [6.07, 6.45) is 2.26. The molecule has 0 radical (unpaired) electrons. The van der Waals surface area contributed by atoms with Gasteiger partial charge in [0.05, 0.1) is 18.3 Å². The molecule has 1 saturated heterocycles. The summed E-state index contributed by atoms with van der Waals surface area (Å²) in [4.78, 5) is 6.64. The molecule has 0 spiro atoms. The van der Waals surface area contributed by atoms with Gasteiger partial charge >= 0.3 is 0 Å². The first kappa shape index (κ1) is 8.97. The second-order valence-corrected chi connectivity index (χ2v) is 4.28. The number of nitrogens with zero attached hydrogens (tertiary/aromatic N) is 2. The SMILES string of the molecule is Cc1csc(N2CCCC2CO)n1. The van der Waals surface area contributed by atoms with Gasteiger partial charge in [-0.2, -0.15) is 0 Å². The predicted molar refractivity (Wildman–Crippen MR) is 54.3 cm³/mol. The van der Waals surface area contributed by atoms with Crippen LogP contribution in [0.2, 0.25) is 0 Å². The van der Waals surface area contributed by atoms with Crippen molar-refractivity contribution in [3.8, 4) is 0 Å². The third-order valence-electron chi connectivity index (χ3n) is 2.44. The van der Waals surface area contributed by atoms with Gasteiger partial charge in [0.1, 0.15) is 0 Å². The normalized spacial score (nSPS) is 22.6. The Morgan fingerprint density at radius 3 is 3.23 bits per heavy atom. The van der Waals surface area contributed by atoms with E-state index in [-0.39, 0.29) is 6.61 Å². The zero-order chi connectivity index (χ0) is 9.26. The highest BCUT2D eigenvalue weighted by Gasteiger charge is 2.25. The van der Waals surface area contributed by atoms with Crippen LogP contribution in [0.25, 0.3) is 0 Å². The van der Waals surface area contributed by atoms with Crippen molar-refractivity contribution in [1.82, 2.24) is 4.98 Å². The van der Waals surface area contributed by atoms with E-state index in [0.717, 1.165) is 23.8 Å². The lowest BCUT2D eigenvalue weighted by molar-refractivity contribution is 0.266. The van der Waals surface area contributed by atoms with Crippen LogP contribution >= 0.6 is 11.3 Å². The van der Waals surface area contributed by atoms with Crippen molar-refractivity contribution >= 4 is 16.5 Å². The molecule has 3 nitrogen and oxygen atoms in total. The van der Waals surface area contributed by atoms with Crippen LogP contribution < -0.4 is 4.90 Å². The Hall–Kier alpha value is -0.610. The van der Waals surface area contributed by atoms with Crippen LogP contribution in [0.4, 0.5) is 5.13 Å². The highest BCUT2D eigenvalue weighted by Crippen LogP contribution is 2.27. The summed E-state index contributed by atoms with van der Waals surface area (Å²) in [6.45, 7) is 3.29. The molecule has 1 atom stereocenters. The van der Waals surface area contributed by atoms with Crippen molar-refractivity contribution in [3.05, 3.63) is 11.1 Å². The van der Waals surface area contributed by atoms with Crippen LogP contribution in [0.1, 0.15) is 18.5 Å². The summed E-state index contributed by atoms with van der Waals surface area (Å²) in [6, 6.07) is 0.297. The number of thiazole rings is 1. The molecule has 2 rings (SSSR count). The average molecular weight is 198 g/mol. The van der Waals surface area contributed by atoms with Crippen molar-refractivity contribution in [2.24, 2.45) is 0 Å². The highest BCUT2D eigenvalue weighted by atomic mass is 32.1. The number of aliphatic hydroxyl groups excluding tert-OH is 1. The first-order valence-electron chi connectivity index (χ1n) is 4.61. The number of anilines is 1. The Balaban J connectivity index is 2.15. The molecule has 13 heavy (non-hydrogen) atoms. The van der Waals surface area contributed by atoms with E-state index < -0.39 is 0 Å². The van der Waals surface area contributed by atoms with Crippen LogP contribution in [0.15, 0.2) is 5.38 Å². The molecule has 1 aliphatic rings. The summed E-state index contributed by atoms with van der Waals surface area (Å²) < 4.78 is 0. The topological polar surface area (TPSA) is 36.4 Å². The van der Waals surface area contributed by atoms with Gasteiger partial charge in [-0.05, 0) is 19.8 Å². The molecule has 1 aromatic heterocycles. The third kappa shape index (κ3) is 1.69. The Morgan fingerprint density at radius 1 is 1.77 bits per heavy atom. The number of aliphatic hydroxyl groups is 1. The summed E-state index contributed by atoms with van der Waals surface area (Å²) in [5, 5.41) is 12.3. The average Bonchev–Trinajstić information content (AvgIpc) is 2.71. The van der Waals surface area contributed by atoms with Gasteiger partial charge in [0.2, 0.25) is 0 Å². The van der Waals surface area contributed by atoms with Crippen LogP contribution in [-0.4, -0.2) is 29.3 Å². The summed E-state index contributed by atoms with van der Waals surface area (Å²) in [7, 11) is 0. The Bertz CT molecular complexity index is 287. The largest absolute Gasteiger partial charge is 0.394 e. The molecular weight excluding hydrogens is 184 g/mol. The fourth-order valence-electron chi connectivity index (χ4n) is 1.75. The molecule has 0 bridgehead atoms. The minimum absolute atomic E-state index is 0.249. The maximum Gasteiger partial charge on any atom is 0.185 e. The van der Waals surface area contributed by atoms with Crippen molar-refractivity contribution in [2.45, 2.75) is 25.8 Å². The van der Waals surface area contributed by atoms with Gasteiger partial charge < -0.3 is 10.0 Å². The number of aryl methyl sites for hydroxylation is 1. The lowest BCUT2D eigenvalue weighted by Crippen LogP contribution is -2.31. The lowest BCUT2D eigenvalue weighted by atomic mass is 10.2. The number of hydrogen-bond donors (Lipinski definition) is 1. The molecule has 0 aromatic carbocycles. The second-order valence-electron chi connectivity index (χ2n) is 3.44. The van der Waals surface area contributed by atoms with E-state index in [1.54, 1.807) is 11.3 Å². The van der Waals surface area contributed by atoms with Gasteiger partial charge in [0.25, 0.3) is 0 Å². The smallest absolute Gasteiger partial charge is 0.185 e. The Kier molecular flexibility index (Phi) is 2.51. The van der Waals surface area contributed by atoms with Gasteiger partial charge in [0, 0.05) is 11.9 Å². The van der Waals surface area contributed by atoms with Crippen LogP contribution in [0.3, 0.4) is 0 Å². The molecule has 1 N–H and O–H groups in total. The molecule has 0 aliphatic carbocycles. The molecule has 1 aromatic rings. The van der Waals surface area contributed by atoms with Crippen molar-refractivity contribution < 1.29 is 5.11 Å². The molecule has 4 heteroatoms. The van der Waals surface area contributed by atoms with Crippen LogP contribution in [0.5, 0.6) is 0 Å². The quantitative estimate of drug-likeness (QED) is 0.780. The molecular formula is C9H14N2OS. The van der Waals surface area contributed by atoms with Crippen LogP contribution in [-0.2, 0) is 0 Å². The molecule has 0 amide bonds. The van der Waals surface area contributed by atoms with Gasteiger partial charge in [-0.1, -0.05) is 0 Å². The molecule has 1 fully saturated rings. The lowest BCUT2D eigenvalue weighted by Gasteiger charge is -2.21. The van der Waals surface area contributed by atoms with Gasteiger partial charge in [-0.25, -0.2) is 4.98 Å². The molecule has 2 heterocycles. The molecule has 72 valence electrons. The van der Waals surface area contributed by atoms with Gasteiger partial charge in [0.15, 0.2) is 5.13 Å². The molecule has 0 saturated carbocycles. The summed E-state index contributed by atoms with van der Waals surface area (Å²) in [5.41, 5.74) is 1.07. The first-order chi connectivity index (χ1) is 6.31. The van der Waals surface area contributed by atoms with E-state index in [2.05, 4.69) is 15.3 Å². The Morgan fingerprint density at radius 2 is 2.62 bits per heavy atom. The summed E-state index contributed by atoms with van der Waals surface area (Å²) in [5.74, 6) is 0. The fraction of sp³-hybridized carbons (Fsp3) is 0.667. The van der Waals surface area contributed by atoms with Crippen molar-refractivity contribution in [2.75, 3.05) is 18.1 Å². The monoisotopic (exact) mass is 198 g/mol. The standard InChI is InChI=1S/C9H14N2OS/c1-7-6-13-9(10-7)11-4-2-3-8(11)5-12/h6,8,12H,2-5H2,1H3. The number of hydrogen-bond acceptors (Lipinski definition) is 4. The van der Waals surface area contributed by atoms with Crippen LogP contribution in [0, 0.1) is 6.92 Å². The van der Waals surface area contributed by atoms with Crippen molar-refractivity contribution in [1.29, 1.82) is 0 Å². The molecule has 1 unspecified atom stereocenters. The van der Waals surface area contributed by atoms with Crippen molar-refractivity contribution in [3.63, 3.8) is 0 Å². The fourth-order valence-corrected chi connectivity index (χ4v) is 2.65. The second kappa shape index (κ2) is 3.64. The zero-order valence-corrected chi connectivity index (χ0v) is 8.55. The molecule has 1 aliphatic heterocycles. The van der Waals surface area contributed by atoms with E-state index in [1.807, 2.05) is 6.92 Å². The highest BCUT2D eigenvalue weighted by molar-refractivity contribution is 7.13. The maximum absolute atomic E-state index is 9.14. The third-order valence-corrected chi connectivity index (χ3v) is 3.44. The Labute approximate surface area is 82.0 Å². The van der Waals surface area contributed by atoms with E-state index in [1.165, 1.54) is 6.42 Å². The van der Waals surface area contributed by atoms with E-state index in [0.29, 0.717) is 6.04 Å². The number of aromatic nitrogens is 1. The van der Waals surface area contributed by atoms with Gasteiger partial charge in [-0.15, -0.1) is 11.3 Å². The summed E-state index contributed by atoms with van der Waals surface area (Å²) >= 11 is 1.67. The van der Waals surface area contributed by atoms with E-state index >= 15 is 0 Å². The first-order valence-corrected chi connectivity index (χ1v) is 5.49. The zero-order valence-electron chi connectivity index (χ0n) is 7.73. The van der Waals surface area contributed by atoms with E-state index in [4.69, 9.17) is 5.11 Å². The minimum atomic E-state index is 0.249.